The van der Waals surface area contributed by atoms with Crippen LogP contribution in [0.1, 0.15) is 6.92 Å². The predicted molar refractivity (Wildman–Crippen MR) is 36.6 cm³/mol. The quantitative estimate of drug-likeness (QED) is 0.316. The smallest absolute Gasteiger partial charge is 0.377 e. The van der Waals surface area contributed by atoms with E-state index in [4.69, 9.17) is 15.3 Å². The van der Waals surface area contributed by atoms with Crippen LogP contribution in [0, 0.1) is 0 Å². The number of esters is 1. The Hall–Kier alpha value is -1.72. The van der Waals surface area contributed by atoms with E-state index in [-0.39, 0.29) is 6.61 Å². The Labute approximate surface area is 67.7 Å². The highest BCUT2D eigenvalue weighted by Crippen LogP contribution is 1.99. The van der Waals surface area contributed by atoms with E-state index in [9.17, 15) is 9.59 Å². The number of hydrogen-bond donors (Lipinski definition) is 3. The molecular weight excluding hydrogens is 168 g/mol. The van der Waals surface area contributed by atoms with Crippen LogP contribution in [0.15, 0.2) is 11.5 Å². The molecule has 0 aromatic heterocycles. The Balaban J connectivity index is 4.55. The summed E-state index contributed by atoms with van der Waals surface area (Å²) in [5.74, 6) is -5.78. The predicted octanol–water partition coefficient (Wildman–Crippen LogP) is -0.0383. The first-order chi connectivity index (χ1) is 5.50. The van der Waals surface area contributed by atoms with Crippen molar-refractivity contribution in [2.45, 2.75) is 6.92 Å². The molecule has 0 unspecified atom stereocenters. The van der Waals surface area contributed by atoms with Crippen molar-refractivity contribution in [2.75, 3.05) is 6.61 Å². The summed E-state index contributed by atoms with van der Waals surface area (Å²) in [6, 6.07) is 0. The number of carboxylic acid groups (broad SMARTS) is 1. The topological polar surface area (TPSA) is 104 Å². The largest absolute Gasteiger partial charge is 0.499 e. The Kier molecular flexibility index (Phi) is 3.61. The van der Waals surface area contributed by atoms with E-state index in [2.05, 4.69) is 4.74 Å². The van der Waals surface area contributed by atoms with Crippen LogP contribution in [0.2, 0.25) is 0 Å². The maximum absolute atomic E-state index is 10.5. The third kappa shape index (κ3) is 2.49. The van der Waals surface area contributed by atoms with E-state index >= 15 is 0 Å². The third-order valence-electron chi connectivity index (χ3n) is 0.896. The molecule has 6 nitrogen and oxygen atoms in total. The normalized spacial score (nSPS) is 11.8. The van der Waals surface area contributed by atoms with E-state index in [0.29, 0.717) is 0 Å². The van der Waals surface area contributed by atoms with E-state index in [1.54, 1.807) is 0 Å². The molecule has 0 aromatic rings. The number of carbonyl (C=O) groups excluding carboxylic acids is 1. The van der Waals surface area contributed by atoms with Gasteiger partial charge >= 0.3 is 11.9 Å². The summed E-state index contributed by atoms with van der Waals surface area (Å²) in [6.07, 6.45) is 0. The fraction of sp³-hybridized carbons (Fsp3) is 0.333. The fourth-order valence-corrected chi connectivity index (χ4v) is 0.397. The van der Waals surface area contributed by atoms with E-state index < -0.39 is 23.5 Å². The van der Waals surface area contributed by atoms with Gasteiger partial charge in [0.2, 0.25) is 0 Å². The average molecular weight is 176 g/mol. The second-order valence-corrected chi connectivity index (χ2v) is 1.72. The van der Waals surface area contributed by atoms with Gasteiger partial charge in [-0.3, -0.25) is 0 Å². The molecule has 0 saturated heterocycles. The van der Waals surface area contributed by atoms with Crippen molar-refractivity contribution < 1.29 is 29.6 Å². The lowest BCUT2D eigenvalue weighted by Gasteiger charge is -2.00. The summed E-state index contributed by atoms with van der Waals surface area (Å²) in [5, 5.41) is 25.3. The van der Waals surface area contributed by atoms with Gasteiger partial charge in [-0.2, -0.15) is 0 Å². The van der Waals surface area contributed by atoms with Gasteiger partial charge in [0.05, 0.1) is 6.61 Å². The second kappa shape index (κ2) is 4.22. The molecule has 0 aliphatic rings. The lowest BCUT2D eigenvalue weighted by atomic mass is 10.4. The highest BCUT2D eigenvalue weighted by Gasteiger charge is 2.19. The zero-order valence-corrected chi connectivity index (χ0v) is 6.27. The lowest BCUT2D eigenvalue weighted by Crippen LogP contribution is -2.13. The van der Waals surface area contributed by atoms with Gasteiger partial charge in [0, 0.05) is 0 Å². The van der Waals surface area contributed by atoms with E-state index in [1.807, 2.05) is 0 Å². The van der Waals surface area contributed by atoms with Gasteiger partial charge in [0.1, 0.15) is 0 Å². The molecule has 12 heavy (non-hydrogen) atoms. The number of carbonyl (C=O) groups is 2. The van der Waals surface area contributed by atoms with Crippen molar-refractivity contribution in [1.29, 1.82) is 0 Å². The molecule has 0 atom stereocenters. The molecule has 0 aliphatic heterocycles. The minimum atomic E-state index is -1.79. The maximum atomic E-state index is 10.5. The molecule has 0 bridgehead atoms. The van der Waals surface area contributed by atoms with E-state index in [0.717, 1.165) is 0 Å². The van der Waals surface area contributed by atoms with Crippen LogP contribution in [0.3, 0.4) is 0 Å². The molecular formula is C6H8O6. The summed E-state index contributed by atoms with van der Waals surface area (Å²) >= 11 is 0. The molecule has 0 aliphatic carbocycles. The van der Waals surface area contributed by atoms with Crippen LogP contribution in [0.25, 0.3) is 0 Å². The number of aliphatic carboxylic acids is 1. The zero-order chi connectivity index (χ0) is 9.72. The number of ether oxygens (including phenoxy) is 1. The Morgan fingerprint density at radius 2 is 1.67 bits per heavy atom. The van der Waals surface area contributed by atoms with Gasteiger partial charge in [-0.1, -0.05) is 0 Å². The first-order valence-corrected chi connectivity index (χ1v) is 3.03. The fourth-order valence-electron chi connectivity index (χ4n) is 0.397. The number of aliphatic hydroxyl groups is 2. The Morgan fingerprint density at radius 1 is 1.17 bits per heavy atom. The summed E-state index contributed by atoms with van der Waals surface area (Å²) in [6.45, 7) is 1.46. The van der Waals surface area contributed by atoms with Crippen molar-refractivity contribution in [3.05, 3.63) is 11.5 Å². The molecule has 0 spiro atoms. The Bertz CT molecular complexity index is 228. The van der Waals surface area contributed by atoms with Crippen LogP contribution >= 0.6 is 0 Å². The van der Waals surface area contributed by atoms with Gasteiger partial charge in [-0.05, 0) is 6.92 Å². The molecule has 68 valence electrons. The summed E-state index contributed by atoms with van der Waals surface area (Å²) in [5.41, 5.74) is 0. The average Bonchev–Trinajstić information content (AvgIpc) is 2.02. The molecule has 6 heteroatoms. The van der Waals surface area contributed by atoms with Crippen molar-refractivity contribution in [3.63, 3.8) is 0 Å². The third-order valence-corrected chi connectivity index (χ3v) is 0.896. The van der Waals surface area contributed by atoms with Gasteiger partial charge in [0.25, 0.3) is 11.5 Å². The first kappa shape index (κ1) is 10.3. The van der Waals surface area contributed by atoms with Gasteiger partial charge in [-0.25, -0.2) is 9.59 Å². The van der Waals surface area contributed by atoms with E-state index in [1.165, 1.54) is 6.92 Å². The first-order valence-electron chi connectivity index (χ1n) is 3.03. The van der Waals surface area contributed by atoms with Crippen molar-refractivity contribution in [2.24, 2.45) is 0 Å². The minimum Gasteiger partial charge on any atom is -0.499 e. The van der Waals surface area contributed by atoms with Crippen LogP contribution < -0.4 is 0 Å². The van der Waals surface area contributed by atoms with Crippen LogP contribution in [-0.4, -0.2) is 33.9 Å². The number of rotatable bonds is 3. The molecule has 0 heterocycles. The summed E-state index contributed by atoms with van der Waals surface area (Å²) < 4.78 is 4.20. The monoisotopic (exact) mass is 176 g/mol. The minimum absolute atomic E-state index is 0.0181. The van der Waals surface area contributed by atoms with Crippen LogP contribution in [0.5, 0.6) is 0 Å². The molecule has 0 amide bonds. The van der Waals surface area contributed by atoms with Gasteiger partial charge in [0.15, 0.2) is 0 Å². The highest BCUT2D eigenvalue weighted by atomic mass is 16.5. The number of carboxylic acids is 1. The molecule has 0 aromatic carbocycles. The summed E-state index contributed by atoms with van der Waals surface area (Å²) in [7, 11) is 0. The molecule has 3 N–H and O–H groups in total. The SMILES string of the molecule is CCOC(=O)/C(O)=C(\O)C(=O)O. The maximum Gasteiger partial charge on any atom is 0.377 e. The molecule has 0 saturated carbocycles. The van der Waals surface area contributed by atoms with Crippen LogP contribution in [0.4, 0.5) is 0 Å². The molecule has 0 rings (SSSR count). The van der Waals surface area contributed by atoms with Crippen LogP contribution in [-0.2, 0) is 14.3 Å². The van der Waals surface area contributed by atoms with Crippen molar-refractivity contribution in [1.82, 2.24) is 0 Å². The zero-order valence-electron chi connectivity index (χ0n) is 6.27. The molecule has 0 radical (unpaired) electrons. The van der Waals surface area contributed by atoms with Crippen molar-refractivity contribution in [3.8, 4) is 0 Å². The molecule has 0 fully saturated rings. The lowest BCUT2D eigenvalue weighted by molar-refractivity contribution is -0.144. The highest BCUT2D eigenvalue weighted by molar-refractivity contribution is 5.95. The standard InChI is InChI=1S/C6H8O6/c1-2-12-6(11)4(8)3(7)5(9)10/h7-8H,2H2,1H3,(H,9,10)/b4-3+. The van der Waals surface area contributed by atoms with Gasteiger partial charge < -0.3 is 20.1 Å². The van der Waals surface area contributed by atoms with Crippen molar-refractivity contribution >= 4 is 11.9 Å². The van der Waals surface area contributed by atoms with Gasteiger partial charge in [-0.15, -0.1) is 0 Å². The Morgan fingerprint density at radius 3 is 2.00 bits per heavy atom. The summed E-state index contributed by atoms with van der Waals surface area (Å²) in [4.78, 5) is 20.5. The number of aliphatic hydroxyl groups excluding tert-OH is 2. The second-order valence-electron chi connectivity index (χ2n) is 1.72. The number of hydrogen-bond acceptors (Lipinski definition) is 5.